The molecule has 0 aromatic heterocycles. The van der Waals surface area contributed by atoms with Gasteiger partial charge in [0.15, 0.2) is 5.96 Å². The first-order valence-electron chi connectivity index (χ1n) is 8.03. The molecule has 1 fully saturated rings. The van der Waals surface area contributed by atoms with E-state index in [0.29, 0.717) is 24.9 Å². The zero-order chi connectivity index (χ0) is 18.3. The maximum Gasteiger partial charge on any atom is 0.573 e. The van der Waals surface area contributed by atoms with Crippen LogP contribution in [0, 0.1) is 0 Å². The molecule has 0 spiro atoms. The third kappa shape index (κ3) is 7.96. The van der Waals surface area contributed by atoms with Crippen LogP contribution in [0.2, 0.25) is 0 Å². The molecule has 0 bridgehead atoms. The van der Waals surface area contributed by atoms with Crippen molar-refractivity contribution in [3.8, 4) is 5.75 Å². The SMILES string of the molecule is COCCN1CCCC1CN=C(N)Nc1ccc(OC(F)(F)F)cc1.I. The van der Waals surface area contributed by atoms with Gasteiger partial charge in [-0.3, -0.25) is 9.89 Å². The van der Waals surface area contributed by atoms with Crippen molar-refractivity contribution in [2.75, 3.05) is 38.7 Å². The largest absolute Gasteiger partial charge is 0.573 e. The van der Waals surface area contributed by atoms with Gasteiger partial charge < -0.3 is 20.5 Å². The number of likely N-dealkylation sites (tertiary alicyclic amines) is 1. The number of hydrogen-bond acceptors (Lipinski definition) is 4. The van der Waals surface area contributed by atoms with Crippen molar-refractivity contribution in [2.45, 2.75) is 25.2 Å². The highest BCUT2D eigenvalue weighted by molar-refractivity contribution is 14.0. The van der Waals surface area contributed by atoms with Crippen molar-refractivity contribution in [2.24, 2.45) is 10.7 Å². The number of alkyl halides is 3. The first kappa shape index (κ1) is 22.8. The lowest BCUT2D eigenvalue weighted by atomic mass is 10.2. The van der Waals surface area contributed by atoms with Crippen molar-refractivity contribution in [1.29, 1.82) is 0 Å². The van der Waals surface area contributed by atoms with Gasteiger partial charge in [0.25, 0.3) is 0 Å². The summed E-state index contributed by atoms with van der Waals surface area (Å²) >= 11 is 0. The molecule has 1 atom stereocenters. The number of aliphatic imine (C=N–C) groups is 1. The second kappa shape index (κ2) is 10.8. The topological polar surface area (TPSA) is 72.1 Å². The van der Waals surface area contributed by atoms with Crippen molar-refractivity contribution in [3.05, 3.63) is 24.3 Å². The predicted octanol–water partition coefficient (Wildman–Crippen LogP) is 3.04. The third-order valence-corrected chi connectivity index (χ3v) is 3.91. The molecule has 148 valence electrons. The fraction of sp³-hybridized carbons (Fsp3) is 0.562. The number of hydrogen-bond donors (Lipinski definition) is 2. The maximum absolute atomic E-state index is 12.1. The summed E-state index contributed by atoms with van der Waals surface area (Å²) in [5.41, 5.74) is 6.39. The Labute approximate surface area is 167 Å². The van der Waals surface area contributed by atoms with E-state index in [4.69, 9.17) is 10.5 Å². The molecule has 0 saturated carbocycles. The number of nitrogens with two attached hydrogens (primary N) is 1. The van der Waals surface area contributed by atoms with E-state index >= 15 is 0 Å². The van der Waals surface area contributed by atoms with Crippen LogP contribution in [0.4, 0.5) is 18.9 Å². The summed E-state index contributed by atoms with van der Waals surface area (Å²) in [7, 11) is 1.68. The molecule has 1 saturated heterocycles. The second-order valence-corrected chi connectivity index (χ2v) is 5.75. The van der Waals surface area contributed by atoms with Crippen LogP contribution < -0.4 is 15.8 Å². The maximum atomic E-state index is 12.1. The van der Waals surface area contributed by atoms with Gasteiger partial charge in [-0.2, -0.15) is 0 Å². The van der Waals surface area contributed by atoms with E-state index in [2.05, 4.69) is 19.9 Å². The molecular weight excluding hydrogens is 464 g/mol. The summed E-state index contributed by atoms with van der Waals surface area (Å²) in [5, 5.41) is 2.86. The van der Waals surface area contributed by atoms with E-state index in [0.717, 1.165) is 25.9 Å². The standard InChI is InChI=1S/C16H23F3N4O2.HI/c1-24-10-9-23-8-2-3-13(23)11-21-15(20)22-12-4-6-14(7-5-12)25-16(17,18)19;/h4-7,13H,2-3,8-11H2,1H3,(H3,20,21,22);1H. The summed E-state index contributed by atoms with van der Waals surface area (Å²) in [6, 6.07) is 5.66. The molecule has 2 rings (SSSR count). The summed E-state index contributed by atoms with van der Waals surface area (Å²) in [6.07, 6.45) is -2.52. The zero-order valence-electron chi connectivity index (χ0n) is 14.5. The van der Waals surface area contributed by atoms with Crippen LogP contribution in [0.15, 0.2) is 29.3 Å². The number of nitrogens with zero attached hydrogens (tertiary/aromatic N) is 2. The first-order chi connectivity index (χ1) is 11.9. The molecule has 1 aliphatic heterocycles. The van der Waals surface area contributed by atoms with E-state index in [1.165, 1.54) is 24.3 Å². The summed E-state index contributed by atoms with van der Waals surface area (Å²) in [6.45, 7) is 3.14. The van der Waals surface area contributed by atoms with Gasteiger partial charge in [-0.1, -0.05) is 0 Å². The van der Waals surface area contributed by atoms with Crippen molar-refractivity contribution in [3.63, 3.8) is 0 Å². The van der Waals surface area contributed by atoms with Crippen molar-refractivity contribution >= 4 is 35.6 Å². The van der Waals surface area contributed by atoms with E-state index in [9.17, 15) is 13.2 Å². The van der Waals surface area contributed by atoms with Crippen LogP contribution in [0.25, 0.3) is 0 Å². The zero-order valence-corrected chi connectivity index (χ0v) is 16.8. The van der Waals surface area contributed by atoms with Gasteiger partial charge >= 0.3 is 6.36 Å². The Bertz CT molecular complexity index is 570. The number of nitrogens with one attached hydrogen (secondary N) is 1. The Hall–Kier alpha value is -1.27. The summed E-state index contributed by atoms with van der Waals surface area (Å²) in [4.78, 5) is 6.65. The molecule has 1 aliphatic rings. The third-order valence-electron chi connectivity index (χ3n) is 3.91. The van der Waals surface area contributed by atoms with Gasteiger partial charge in [0.2, 0.25) is 0 Å². The second-order valence-electron chi connectivity index (χ2n) is 5.75. The molecule has 3 N–H and O–H groups in total. The molecule has 0 radical (unpaired) electrons. The number of benzene rings is 1. The normalized spacial score (nSPS) is 18.5. The van der Waals surface area contributed by atoms with E-state index in [-0.39, 0.29) is 35.7 Å². The van der Waals surface area contributed by atoms with Crippen LogP contribution in [-0.4, -0.2) is 56.6 Å². The van der Waals surface area contributed by atoms with Crippen molar-refractivity contribution in [1.82, 2.24) is 4.90 Å². The Kier molecular flexibility index (Phi) is 9.44. The molecule has 0 amide bonds. The lowest BCUT2D eigenvalue weighted by Gasteiger charge is -2.22. The molecule has 6 nitrogen and oxygen atoms in total. The lowest BCUT2D eigenvalue weighted by molar-refractivity contribution is -0.274. The smallest absolute Gasteiger partial charge is 0.406 e. The molecule has 26 heavy (non-hydrogen) atoms. The predicted molar refractivity (Wildman–Crippen MR) is 105 cm³/mol. The highest BCUT2D eigenvalue weighted by Crippen LogP contribution is 2.24. The molecule has 1 aromatic carbocycles. The molecular formula is C16H24F3IN4O2. The van der Waals surface area contributed by atoms with E-state index in [1.54, 1.807) is 7.11 Å². The van der Waals surface area contributed by atoms with Crippen LogP contribution in [0.3, 0.4) is 0 Å². The number of guanidine groups is 1. The number of methoxy groups -OCH3 is 1. The van der Waals surface area contributed by atoms with Crippen LogP contribution in [0.5, 0.6) is 5.75 Å². The minimum atomic E-state index is -4.70. The average Bonchev–Trinajstić information content (AvgIpc) is 2.99. The Morgan fingerprint density at radius 1 is 1.35 bits per heavy atom. The van der Waals surface area contributed by atoms with Gasteiger partial charge in [-0.25, -0.2) is 0 Å². The molecule has 1 aromatic rings. The van der Waals surface area contributed by atoms with E-state index < -0.39 is 6.36 Å². The fourth-order valence-corrected chi connectivity index (χ4v) is 2.74. The lowest BCUT2D eigenvalue weighted by Crippen LogP contribution is -2.35. The van der Waals surface area contributed by atoms with Crippen LogP contribution in [-0.2, 0) is 4.74 Å². The molecule has 1 unspecified atom stereocenters. The number of rotatable bonds is 7. The highest BCUT2D eigenvalue weighted by atomic mass is 127. The van der Waals surface area contributed by atoms with Crippen LogP contribution in [0.1, 0.15) is 12.8 Å². The monoisotopic (exact) mass is 488 g/mol. The van der Waals surface area contributed by atoms with Gasteiger partial charge in [0, 0.05) is 25.4 Å². The summed E-state index contributed by atoms with van der Waals surface area (Å²) < 4.78 is 45.3. The Morgan fingerprint density at radius 3 is 2.65 bits per heavy atom. The average molecular weight is 488 g/mol. The number of anilines is 1. The van der Waals surface area contributed by atoms with Gasteiger partial charge in [0.1, 0.15) is 5.75 Å². The Balaban J connectivity index is 0.00000338. The quantitative estimate of drug-likeness (QED) is 0.351. The van der Waals surface area contributed by atoms with Crippen molar-refractivity contribution < 1.29 is 22.6 Å². The minimum absolute atomic E-state index is 0. The first-order valence-corrected chi connectivity index (χ1v) is 8.03. The molecule has 0 aliphatic carbocycles. The van der Waals surface area contributed by atoms with Gasteiger partial charge in [-0.15, -0.1) is 37.1 Å². The Morgan fingerprint density at radius 2 is 2.04 bits per heavy atom. The highest BCUT2D eigenvalue weighted by Gasteiger charge is 2.31. The molecule has 10 heteroatoms. The van der Waals surface area contributed by atoms with E-state index in [1.807, 2.05) is 0 Å². The van der Waals surface area contributed by atoms with Gasteiger partial charge in [-0.05, 0) is 43.7 Å². The number of halogens is 4. The number of ether oxygens (including phenoxy) is 2. The molecule has 1 heterocycles. The fourth-order valence-electron chi connectivity index (χ4n) is 2.74. The van der Waals surface area contributed by atoms with Crippen LogP contribution >= 0.6 is 24.0 Å². The minimum Gasteiger partial charge on any atom is -0.406 e. The van der Waals surface area contributed by atoms with Gasteiger partial charge in [0.05, 0.1) is 13.2 Å². The summed E-state index contributed by atoms with van der Waals surface area (Å²) in [5.74, 6) is -0.0589.